The van der Waals surface area contributed by atoms with Crippen LogP contribution in [0.2, 0.25) is 0 Å². The van der Waals surface area contributed by atoms with Crippen molar-refractivity contribution in [1.82, 2.24) is 5.32 Å². The molecule has 1 heterocycles. The summed E-state index contributed by atoms with van der Waals surface area (Å²) in [5.74, 6) is 0.175. The number of nitrogens with one attached hydrogen (secondary N) is 1. The molecule has 4 heteroatoms. The van der Waals surface area contributed by atoms with Gasteiger partial charge in [-0.05, 0) is 44.6 Å². The van der Waals surface area contributed by atoms with Crippen molar-refractivity contribution in [2.24, 2.45) is 11.1 Å². The first-order valence-electron chi connectivity index (χ1n) is 6.75. The standard InChI is InChI=1S/C13H24N2O2/c1-10-7-11(3-6-17-10)15-12(16)8-13(9-14)4-2-5-13/h10-11H,2-9,14H2,1H3,(H,15,16). The van der Waals surface area contributed by atoms with Crippen LogP contribution in [0.3, 0.4) is 0 Å². The number of nitrogens with two attached hydrogens (primary N) is 1. The first-order valence-corrected chi connectivity index (χ1v) is 6.75. The van der Waals surface area contributed by atoms with E-state index < -0.39 is 0 Å². The van der Waals surface area contributed by atoms with Crippen molar-refractivity contribution in [2.45, 2.75) is 57.6 Å². The molecular formula is C13H24N2O2. The van der Waals surface area contributed by atoms with Gasteiger partial charge >= 0.3 is 0 Å². The van der Waals surface area contributed by atoms with E-state index in [0.29, 0.717) is 19.0 Å². The zero-order valence-electron chi connectivity index (χ0n) is 10.7. The smallest absolute Gasteiger partial charge is 0.220 e. The highest BCUT2D eigenvalue weighted by Crippen LogP contribution is 2.42. The van der Waals surface area contributed by atoms with Crippen LogP contribution < -0.4 is 11.1 Å². The molecule has 1 amide bonds. The van der Waals surface area contributed by atoms with Gasteiger partial charge in [0.1, 0.15) is 0 Å². The van der Waals surface area contributed by atoms with Gasteiger partial charge in [-0.15, -0.1) is 0 Å². The van der Waals surface area contributed by atoms with Gasteiger partial charge in [-0.1, -0.05) is 6.42 Å². The number of ether oxygens (including phenoxy) is 1. The topological polar surface area (TPSA) is 64.4 Å². The lowest BCUT2D eigenvalue weighted by atomic mass is 9.66. The lowest BCUT2D eigenvalue weighted by molar-refractivity contribution is -0.126. The maximum absolute atomic E-state index is 12.0. The van der Waals surface area contributed by atoms with Crippen LogP contribution in [0.15, 0.2) is 0 Å². The summed E-state index contributed by atoms with van der Waals surface area (Å²) in [5, 5.41) is 3.13. The minimum absolute atomic E-state index is 0.112. The fourth-order valence-corrected chi connectivity index (χ4v) is 2.88. The van der Waals surface area contributed by atoms with E-state index in [9.17, 15) is 4.79 Å². The third kappa shape index (κ3) is 3.19. The van der Waals surface area contributed by atoms with Gasteiger partial charge in [0.15, 0.2) is 0 Å². The highest BCUT2D eigenvalue weighted by molar-refractivity contribution is 5.77. The van der Waals surface area contributed by atoms with Gasteiger partial charge in [-0.2, -0.15) is 0 Å². The zero-order valence-corrected chi connectivity index (χ0v) is 10.7. The predicted molar refractivity (Wildman–Crippen MR) is 66.5 cm³/mol. The molecule has 1 aliphatic carbocycles. The molecule has 2 rings (SSSR count). The van der Waals surface area contributed by atoms with Crippen molar-refractivity contribution in [1.29, 1.82) is 0 Å². The van der Waals surface area contributed by atoms with Crippen LogP contribution in [0.5, 0.6) is 0 Å². The van der Waals surface area contributed by atoms with E-state index in [0.717, 1.165) is 32.3 Å². The normalized spacial score (nSPS) is 31.6. The molecule has 17 heavy (non-hydrogen) atoms. The molecule has 0 aromatic heterocycles. The van der Waals surface area contributed by atoms with E-state index in [4.69, 9.17) is 10.5 Å². The molecule has 2 atom stereocenters. The van der Waals surface area contributed by atoms with Gasteiger partial charge in [0.2, 0.25) is 5.91 Å². The number of rotatable bonds is 4. The summed E-state index contributed by atoms with van der Waals surface area (Å²) in [5.41, 5.74) is 5.88. The van der Waals surface area contributed by atoms with E-state index >= 15 is 0 Å². The SMILES string of the molecule is CC1CC(NC(=O)CC2(CN)CCC2)CCO1. The average molecular weight is 240 g/mol. The van der Waals surface area contributed by atoms with Crippen molar-refractivity contribution in [3.8, 4) is 0 Å². The molecule has 2 unspecified atom stereocenters. The van der Waals surface area contributed by atoms with Gasteiger partial charge in [0, 0.05) is 19.1 Å². The van der Waals surface area contributed by atoms with Crippen LogP contribution >= 0.6 is 0 Å². The third-order valence-electron chi connectivity index (χ3n) is 4.23. The Morgan fingerprint density at radius 2 is 2.29 bits per heavy atom. The van der Waals surface area contributed by atoms with Gasteiger partial charge in [0.05, 0.1) is 6.10 Å². The van der Waals surface area contributed by atoms with E-state index in [1.807, 2.05) is 0 Å². The molecule has 0 radical (unpaired) electrons. The lowest BCUT2D eigenvalue weighted by Gasteiger charge is -2.41. The summed E-state index contributed by atoms with van der Waals surface area (Å²) in [4.78, 5) is 12.0. The molecule has 1 aliphatic heterocycles. The van der Waals surface area contributed by atoms with E-state index in [1.54, 1.807) is 0 Å². The van der Waals surface area contributed by atoms with E-state index in [1.165, 1.54) is 6.42 Å². The number of hydrogen-bond donors (Lipinski definition) is 2. The molecule has 1 saturated carbocycles. The highest BCUT2D eigenvalue weighted by Gasteiger charge is 2.37. The first-order chi connectivity index (χ1) is 8.13. The Morgan fingerprint density at radius 1 is 1.53 bits per heavy atom. The van der Waals surface area contributed by atoms with Crippen molar-refractivity contribution in [3.63, 3.8) is 0 Å². The van der Waals surface area contributed by atoms with Crippen LogP contribution in [-0.2, 0) is 9.53 Å². The minimum atomic E-state index is 0.112. The lowest BCUT2D eigenvalue weighted by Crippen LogP contribution is -2.46. The molecule has 3 N–H and O–H groups in total. The number of amides is 1. The Morgan fingerprint density at radius 3 is 2.82 bits per heavy atom. The van der Waals surface area contributed by atoms with E-state index in [2.05, 4.69) is 12.2 Å². The number of carbonyl (C=O) groups excluding carboxylic acids is 1. The molecule has 0 aromatic carbocycles. The maximum Gasteiger partial charge on any atom is 0.220 e. The molecule has 0 bridgehead atoms. The van der Waals surface area contributed by atoms with Gasteiger partial charge in [-0.25, -0.2) is 0 Å². The van der Waals surface area contributed by atoms with Crippen molar-refractivity contribution < 1.29 is 9.53 Å². The summed E-state index contributed by atoms with van der Waals surface area (Å²) in [6.07, 6.45) is 6.18. The zero-order chi connectivity index (χ0) is 12.3. The molecule has 2 fully saturated rings. The Bertz CT molecular complexity index is 271. The Balaban J connectivity index is 1.76. The van der Waals surface area contributed by atoms with E-state index in [-0.39, 0.29) is 17.4 Å². The summed E-state index contributed by atoms with van der Waals surface area (Å²) in [6.45, 7) is 3.46. The number of carbonyl (C=O) groups is 1. The monoisotopic (exact) mass is 240 g/mol. The van der Waals surface area contributed by atoms with Crippen molar-refractivity contribution >= 4 is 5.91 Å². The van der Waals surface area contributed by atoms with Crippen molar-refractivity contribution in [2.75, 3.05) is 13.2 Å². The van der Waals surface area contributed by atoms with Gasteiger partial charge in [-0.3, -0.25) is 4.79 Å². The van der Waals surface area contributed by atoms with Crippen LogP contribution in [0.1, 0.15) is 45.4 Å². The van der Waals surface area contributed by atoms with Gasteiger partial charge in [0.25, 0.3) is 0 Å². The Kier molecular flexibility index (Phi) is 4.05. The molecule has 2 aliphatic rings. The molecule has 1 saturated heterocycles. The summed E-state index contributed by atoms with van der Waals surface area (Å²) >= 11 is 0. The largest absolute Gasteiger partial charge is 0.378 e. The average Bonchev–Trinajstić information content (AvgIpc) is 2.23. The first kappa shape index (κ1) is 12.8. The molecule has 98 valence electrons. The fraction of sp³-hybridized carbons (Fsp3) is 0.923. The van der Waals surface area contributed by atoms with Crippen LogP contribution in [0.4, 0.5) is 0 Å². The van der Waals surface area contributed by atoms with Gasteiger partial charge < -0.3 is 15.8 Å². The quantitative estimate of drug-likeness (QED) is 0.776. The maximum atomic E-state index is 12.0. The molecule has 0 spiro atoms. The van der Waals surface area contributed by atoms with Crippen LogP contribution in [0, 0.1) is 5.41 Å². The predicted octanol–water partition coefficient (Wildman–Crippen LogP) is 1.19. The highest BCUT2D eigenvalue weighted by atomic mass is 16.5. The minimum Gasteiger partial charge on any atom is -0.378 e. The second-order valence-corrected chi connectivity index (χ2v) is 5.70. The summed E-state index contributed by atoms with van der Waals surface area (Å²) in [7, 11) is 0. The van der Waals surface area contributed by atoms with Crippen LogP contribution in [0.25, 0.3) is 0 Å². The fourth-order valence-electron chi connectivity index (χ4n) is 2.88. The summed E-state index contributed by atoms with van der Waals surface area (Å²) < 4.78 is 5.47. The van der Waals surface area contributed by atoms with Crippen molar-refractivity contribution in [3.05, 3.63) is 0 Å². The number of hydrogen-bond acceptors (Lipinski definition) is 3. The Hall–Kier alpha value is -0.610. The molecule has 4 nitrogen and oxygen atoms in total. The Labute approximate surface area is 103 Å². The second-order valence-electron chi connectivity index (χ2n) is 5.70. The third-order valence-corrected chi connectivity index (χ3v) is 4.23. The molecular weight excluding hydrogens is 216 g/mol. The van der Waals surface area contributed by atoms with Crippen LogP contribution in [-0.4, -0.2) is 31.2 Å². The molecule has 0 aromatic rings. The second kappa shape index (κ2) is 5.36. The summed E-state index contributed by atoms with van der Waals surface area (Å²) in [6, 6.07) is 0.293.